The fourth-order valence-electron chi connectivity index (χ4n) is 3.76. The number of anilines is 1. The number of nitrogens with two attached hydrogens (primary N) is 1. The summed E-state index contributed by atoms with van der Waals surface area (Å²) in [6.07, 6.45) is 4.08. The third-order valence-electron chi connectivity index (χ3n) is 4.95. The second-order valence-electron chi connectivity index (χ2n) is 6.53. The summed E-state index contributed by atoms with van der Waals surface area (Å²) in [5, 5.41) is 2.51. The highest BCUT2D eigenvalue weighted by molar-refractivity contribution is 6.10. The summed E-state index contributed by atoms with van der Waals surface area (Å²) in [5.74, 6) is 0. The van der Waals surface area contributed by atoms with Crippen LogP contribution in [0.3, 0.4) is 0 Å². The highest BCUT2D eigenvalue weighted by atomic mass is 16.3. The molecule has 0 saturated carbocycles. The van der Waals surface area contributed by atoms with Gasteiger partial charge < -0.3 is 14.7 Å². The van der Waals surface area contributed by atoms with E-state index in [1.54, 1.807) is 12.5 Å². The number of aromatic nitrogens is 1. The first-order chi connectivity index (χ1) is 12.8. The molecule has 3 heteroatoms. The van der Waals surface area contributed by atoms with E-state index in [9.17, 15) is 0 Å². The van der Waals surface area contributed by atoms with Crippen LogP contribution < -0.4 is 5.73 Å². The lowest BCUT2D eigenvalue weighted by Gasteiger charge is -2.11. The molecule has 0 radical (unpaired) electrons. The van der Waals surface area contributed by atoms with E-state index in [0.717, 1.165) is 17.7 Å². The van der Waals surface area contributed by atoms with Gasteiger partial charge in [-0.25, -0.2) is 0 Å². The molecule has 0 atom stereocenters. The Morgan fingerprint density at radius 2 is 1.50 bits per heavy atom. The number of para-hydroxylation sites is 3. The Kier molecular flexibility index (Phi) is 3.32. The molecule has 0 amide bonds. The summed E-state index contributed by atoms with van der Waals surface area (Å²) in [6, 6.07) is 25.5. The van der Waals surface area contributed by atoms with E-state index in [1.165, 1.54) is 27.4 Å². The summed E-state index contributed by atoms with van der Waals surface area (Å²) in [6.45, 7) is 0. The standard InChI is InChI=1S/C23H18N2O/c24-21-15-26-14-17(21)13-16-7-6-11-20-19-10-4-5-12-22(19)25(23(16)20)18-8-2-1-3-9-18/h1-12,14-15H,13,24H2. The summed E-state index contributed by atoms with van der Waals surface area (Å²) < 4.78 is 7.62. The van der Waals surface area contributed by atoms with Gasteiger partial charge >= 0.3 is 0 Å². The fourth-order valence-corrected chi connectivity index (χ4v) is 3.76. The van der Waals surface area contributed by atoms with Crippen molar-refractivity contribution >= 4 is 27.5 Å². The maximum atomic E-state index is 6.06. The molecule has 3 nitrogen and oxygen atoms in total. The molecular formula is C23H18N2O. The molecular weight excluding hydrogens is 320 g/mol. The fraction of sp³-hybridized carbons (Fsp3) is 0.0435. The molecule has 5 aromatic rings. The van der Waals surface area contributed by atoms with Gasteiger partial charge in [-0.1, -0.05) is 54.6 Å². The number of nitrogens with zero attached hydrogens (tertiary/aromatic N) is 1. The summed E-state index contributed by atoms with van der Waals surface area (Å²) in [5.41, 5.74) is 12.6. The van der Waals surface area contributed by atoms with Crippen molar-refractivity contribution in [1.29, 1.82) is 0 Å². The van der Waals surface area contributed by atoms with Gasteiger partial charge in [-0.2, -0.15) is 0 Å². The van der Waals surface area contributed by atoms with E-state index < -0.39 is 0 Å². The first-order valence-electron chi connectivity index (χ1n) is 8.70. The van der Waals surface area contributed by atoms with Crippen LogP contribution in [-0.4, -0.2) is 4.57 Å². The third-order valence-corrected chi connectivity index (χ3v) is 4.95. The predicted molar refractivity (Wildman–Crippen MR) is 107 cm³/mol. The van der Waals surface area contributed by atoms with Crippen molar-refractivity contribution in [2.45, 2.75) is 6.42 Å². The minimum atomic E-state index is 0.698. The van der Waals surface area contributed by atoms with Crippen LogP contribution in [0, 0.1) is 0 Å². The average Bonchev–Trinajstić information content (AvgIpc) is 3.24. The van der Waals surface area contributed by atoms with Crippen molar-refractivity contribution < 1.29 is 4.42 Å². The van der Waals surface area contributed by atoms with Crippen LogP contribution in [-0.2, 0) is 6.42 Å². The summed E-state index contributed by atoms with van der Waals surface area (Å²) in [7, 11) is 0. The molecule has 0 spiro atoms. The van der Waals surface area contributed by atoms with Crippen LogP contribution in [0.2, 0.25) is 0 Å². The quantitative estimate of drug-likeness (QED) is 0.469. The minimum absolute atomic E-state index is 0.698. The molecule has 2 heterocycles. The lowest BCUT2D eigenvalue weighted by atomic mass is 10.0. The summed E-state index contributed by atoms with van der Waals surface area (Å²) >= 11 is 0. The van der Waals surface area contributed by atoms with E-state index in [0.29, 0.717) is 5.69 Å². The molecule has 26 heavy (non-hydrogen) atoms. The number of furan rings is 1. The second kappa shape index (κ2) is 5.81. The molecule has 0 unspecified atom stereocenters. The van der Waals surface area contributed by atoms with Gasteiger partial charge in [0.25, 0.3) is 0 Å². The lowest BCUT2D eigenvalue weighted by molar-refractivity contribution is 0.565. The van der Waals surface area contributed by atoms with E-state index in [1.807, 2.05) is 6.07 Å². The van der Waals surface area contributed by atoms with Crippen LogP contribution >= 0.6 is 0 Å². The Morgan fingerprint density at radius 3 is 2.31 bits per heavy atom. The van der Waals surface area contributed by atoms with Gasteiger partial charge in [0.2, 0.25) is 0 Å². The molecule has 0 saturated heterocycles. The lowest BCUT2D eigenvalue weighted by Crippen LogP contribution is -1.98. The summed E-state index contributed by atoms with van der Waals surface area (Å²) in [4.78, 5) is 0. The zero-order valence-electron chi connectivity index (χ0n) is 14.2. The Labute approximate surface area is 151 Å². The van der Waals surface area contributed by atoms with Crippen molar-refractivity contribution in [3.8, 4) is 5.69 Å². The largest absolute Gasteiger partial charge is 0.470 e. The van der Waals surface area contributed by atoms with Gasteiger partial charge in [-0.3, -0.25) is 0 Å². The van der Waals surface area contributed by atoms with Crippen LogP contribution in [0.1, 0.15) is 11.1 Å². The molecule has 0 aliphatic rings. The van der Waals surface area contributed by atoms with Crippen molar-refractivity contribution in [3.63, 3.8) is 0 Å². The van der Waals surface area contributed by atoms with E-state index in [-0.39, 0.29) is 0 Å². The van der Waals surface area contributed by atoms with Crippen molar-refractivity contribution in [3.05, 3.63) is 96.4 Å². The number of hydrogen-bond acceptors (Lipinski definition) is 2. The Morgan fingerprint density at radius 1 is 0.731 bits per heavy atom. The zero-order valence-corrected chi connectivity index (χ0v) is 14.2. The molecule has 0 aliphatic carbocycles. The Balaban J connectivity index is 1.86. The van der Waals surface area contributed by atoms with Crippen LogP contribution in [0.5, 0.6) is 0 Å². The molecule has 5 rings (SSSR count). The molecule has 126 valence electrons. The van der Waals surface area contributed by atoms with Crippen LogP contribution in [0.25, 0.3) is 27.5 Å². The van der Waals surface area contributed by atoms with E-state index >= 15 is 0 Å². The van der Waals surface area contributed by atoms with Crippen molar-refractivity contribution in [2.75, 3.05) is 5.73 Å². The predicted octanol–water partition coefficient (Wildman–Crippen LogP) is 5.55. The van der Waals surface area contributed by atoms with Crippen molar-refractivity contribution in [1.82, 2.24) is 4.57 Å². The smallest absolute Gasteiger partial charge is 0.113 e. The Bertz CT molecular complexity index is 1220. The second-order valence-corrected chi connectivity index (χ2v) is 6.53. The average molecular weight is 338 g/mol. The van der Waals surface area contributed by atoms with E-state index in [4.69, 9.17) is 10.2 Å². The van der Waals surface area contributed by atoms with Gasteiger partial charge in [0.05, 0.1) is 23.0 Å². The SMILES string of the molecule is Nc1cocc1Cc1cccc2c3ccccc3n(-c3ccccc3)c12. The first-order valence-corrected chi connectivity index (χ1v) is 8.70. The monoisotopic (exact) mass is 338 g/mol. The maximum Gasteiger partial charge on any atom is 0.113 e. The highest BCUT2D eigenvalue weighted by Gasteiger charge is 2.16. The topological polar surface area (TPSA) is 44.1 Å². The van der Waals surface area contributed by atoms with Gasteiger partial charge in [0.15, 0.2) is 0 Å². The van der Waals surface area contributed by atoms with Crippen LogP contribution in [0.15, 0.2) is 89.7 Å². The Hall–Kier alpha value is -3.46. The molecule has 2 N–H and O–H groups in total. The van der Waals surface area contributed by atoms with Crippen molar-refractivity contribution in [2.24, 2.45) is 0 Å². The number of hydrogen-bond donors (Lipinski definition) is 1. The number of benzene rings is 3. The molecule has 0 bridgehead atoms. The first kappa shape index (κ1) is 14.8. The van der Waals surface area contributed by atoms with Gasteiger partial charge in [0, 0.05) is 28.4 Å². The number of fused-ring (bicyclic) bond motifs is 3. The number of nitrogen functional groups attached to an aromatic ring is 1. The maximum absolute atomic E-state index is 6.06. The number of rotatable bonds is 3. The molecule has 0 aliphatic heterocycles. The molecule has 2 aromatic heterocycles. The van der Waals surface area contributed by atoms with E-state index in [2.05, 4.69) is 71.3 Å². The van der Waals surface area contributed by atoms with Gasteiger partial charge in [0.1, 0.15) is 6.26 Å². The van der Waals surface area contributed by atoms with Crippen LogP contribution in [0.4, 0.5) is 5.69 Å². The zero-order chi connectivity index (χ0) is 17.5. The minimum Gasteiger partial charge on any atom is -0.470 e. The highest BCUT2D eigenvalue weighted by Crippen LogP contribution is 2.35. The molecule has 0 fully saturated rings. The normalized spacial score (nSPS) is 11.4. The third kappa shape index (κ3) is 2.21. The van der Waals surface area contributed by atoms with Gasteiger partial charge in [-0.15, -0.1) is 0 Å². The van der Waals surface area contributed by atoms with Gasteiger partial charge in [-0.05, 0) is 23.8 Å². The molecule has 3 aromatic carbocycles.